The molecule has 4 nitrogen and oxygen atoms in total. The van der Waals surface area contributed by atoms with Gasteiger partial charge in [0.05, 0.1) is 11.7 Å². The Morgan fingerprint density at radius 1 is 1.21 bits per heavy atom. The summed E-state index contributed by atoms with van der Waals surface area (Å²) in [6.45, 7) is 2.09. The molecule has 0 amide bonds. The molecule has 1 saturated carbocycles. The van der Waals surface area contributed by atoms with Crippen molar-refractivity contribution in [2.45, 2.75) is 51.1 Å². The molecule has 128 valence electrons. The number of nitrogens with one attached hydrogen (secondary N) is 2. The van der Waals surface area contributed by atoms with Gasteiger partial charge in [0.25, 0.3) is 0 Å². The minimum Gasteiger partial charge on any atom is -0.348 e. The number of rotatable bonds is 4. The summed E-state index contributed by atoms with van der Waals surface area (Å²) in [5.41, 5.74) is 7.49. The maximum Gasteiger partial charge on any atom is 0.183 e. The van der Waals surface area contributed by atoms with E-state index in [0.717, 1.165) is 16.2 Å². The van der Waals surface area contributed by atoms with Crippen LogP contribution in [0, 0.1) is 0 Å². The Kier molecular flexibility index (Phi) is 5.63. The van der Waals surface area contributed by atoms with Gasteiger partial charge >= 0.3 is 0 Å². The van der Waals surface area contributed by atoms with E-state index in [0.29, 0.717) is 6.04 Å². The van der Waals surface area contributed by atoms with Gasteiger partial charge in [0.15, 0.2) is 5.11 Å². The summed E-state index contributed by atoms with van der Waals surface area (Å²) in [7, 11) is 2.09. The molecule has 24 heavy (non-hydrogen) atoms. The van der Waals surface area contributed by atoms with Gasteiger partial charge in [-0.05, 0) is 43.4 Å². The molecule has 0 saturated heterocycles. The second-order valence-electron chi connectivity index (χ2n) is 6.66. The summed E-state index contributed by atoms with van der Waals surface area (Å²) in [4.78, 5) is 6.76. The van der Waals surface area contributed by atoms with Gasteiger partial charge in [-0.3, -0.25) is 10.4 Å². The number of benzene rings is 1. The van der Waals surface area contributed by atoms with Crippen molar-refractivity contribution >= 4 is 28.1 Å². The molecule has 0 spiro atoms. The first kappa shape index (κ1) is 17.1. The number of pyridine rings is 1. The lowest BCUT2D eigenvalue weighted by molar-refractivity contribution is 0.272. The van der Waals surface area contributed by atoms with E-state index < -0.39 is 0 Å². The summed E-state index contributed by atoms with van der Waals surface area (Å²) in [5.74, 6) is 0. The number of hydrazine groups is 1. The van der Waals surface area contributed by atoms with Gasteiger partial charge in [-0.2, -0.15) is 0 Å². The molecular weight excluding hydrogens is 316 g/mol. The smallest absolute Gasteiger partial charge is 0.183 e. The van der Waals surface area contributed by atoms with Crippen molar-refractivity contribution in [3.05, 3.63) is 42.2 Å². The largest absolute Gasteiger partial charge is 0.348 e. The first-order chi connectivity index (χ1) is 11.6. The van der Waals surface area contributed by atoms with Gasteiger partial charge in [-0.25, -0.2) is 5.43 Å². The molecule has 1 aliphatic carbocycles. The van der Waals surface area contributed by atoms with Gasteiger partial charge in [-0.15, -0.1) is 0 Å². The zero-order valence-electron chi connectivity index (χ0n) is 14.5. The molecule has 2 N–H and O–H groups in total. The first-order valence-electron chi connectivity index (χ1n) is 8.78. The highest BCUT2D eigenvalue weighted by Crippen LogP contribution is 2.21. The third-order valence-electron chi connectivity index (χ3n) is 4.93. The number of hydrogen-bond acceptors (Lipinski definition) is 3. The predicted molar refractivity (Wildman–Crippen MR) is 104 cm³/mol. The van der Waals surface area contributed by atoms with Gasteiger partial charge in [0.2, 0.25) is 0 Å². The van der Waals surface area contributed by atoms with Gasteiger partial charge in [-0.1, -0.05) is 43.5 Å². The third kappa shape index (κ3) is 4.02. The molecule has 1 atom stereocenters. The predicted octanol–water partition coefficient (Wildman–Crippen LogP) is 3.94. The van der Waals surface area contributed by atoms with E-state index in [1.165, 1.54) is 37.5 Å². The van der Waals surface area contributed by atoms with E-state index in [9.17, 15) is 0 Å². The number of nitrogens with zero attached hydrogens (tertiary/aromatic N) is 2. The van der Waals surface area contributed by atoms with Crippen LogP contribution in [0.15, 0.2) is 36.5 Å². The Labute approximate surface area is 149 Å². The minimum atomic E-state index is 0.0762. The Hall–Kier alpha value is -1.72. The molecule has 1 fully saturated rings. The fourth-order valence-electron chi connectivity index (χ4n) is 3.30. The summed E-state index contributed by atoms with van der Waals surface area (Å²) < 4.78 is 0. The summed E-state index contributed by atoms with van der Waals surface area (Å²) in [6, 6.07) is 11.0. The second-order valence-corrected chi connectivity index (χ2v) is 7.04. The minimum absolute atomic E-state index is 0.0762. The van der Waals surface area contributed by atoms with Crippen LogP contribution >= 0.6 is 12.2 Å². The molecule has 3 rings (SSSR count). The molecule has 0 aliphatic heterocycles. The first-order valence-corrected chi connectivity index (χ1v) is 9.19. The van der Waals surface area contributed by atoms with E-state index in [2.05, 4.69) is 59.0 Å². The number of hydrogen-bond donors (Lipinski definition) is 2. The van der Waals surface area contributed by atoms with Crippen LogP contribution in [0.25, 0.3) is 10.8 Å². The summed E-state index contributed by atoms with van der Waals surface area (Å²) in [5, 5.41) is 3.13. The lowest BCUT2D eigenvalue weighted by Gasteiger charge is -2.33. The fourth-order valence-corrected chi connectivity index (χ4v) is 3.51. The van der Waals surface area contributed by atoms with Crippen LogP contribution in [0.5, 0.6) is 0 Å². The third-order valence-corrected chi connectivity index (χ3v) is 5.32. The molecule has 1 unspecified atom stereocenters. The van der Waals surface area contributed by atoms with Crippen LogP contribution in [0.4, 0.5) is 0 Å². The van der Waals surface area contributed by atoms with Crippen molar-refractivity contribution in [3.63, 3.8) is 0 Å². The molecule has 2 aromatic rings. The topological polar surface area (TPSA) is 40.2 Å². The molecule has 0 bridgehead atoms. The quantitative estimate of drug-likeness (QED) is 0.650. The number of fused-ring (bicyclic) bond motifs is 1. The van der Waals surface area contributed by atoms with E-state index >= 15 is 0 Å². The van der Waals surface area contributed by atoms with Crippen molar-refractivity contribution in [2.75, 3.05) is 7.05 Å². The van der Waals surface area contributed by atoms with Crippen molar-refractivity contribution in [1.29, 1.82) is 0 Å². The molecule has 5 heteroatoms. The van der Waals surface area contributed by atoms with Crippen molar-refractivity contribution in [1.82, 2.24) is 20.7 Å². The molecule has 1 aliphatic rings. The van der Waals surface area contributed by atoms with Crippen LogP contribution in [0.3, 0.4) is 0 Å². The SMILES string of the molecule is CC(NNC(=S)N(C)C1CCCCC1)c1cc2ccccc2cn1. The Morgan fingerprint density at radius 3 is 2.67 bits per heavy atom. The van der Waals surface area contributed by atoms with Crippen LogP contribution in [-0.2, 0) is 0 Å². The van der Waals surface area contributed by atoms with Gasteiger partial charge < -0.3 is 4.90 Å². The Morgan fingerprint density at radius 2 is 1.92 bits per heavy atom. The second kappa shape index (κ2) is 7.90. The van der Waals surface area contributed by atoms with Crippen molar-refractivity contribution in [2.24, 2.45) is 0 Å². The Balaban J connectivity index is 1.57. The lowest BCUT2D eigenvalue weighted by Crippen LogP contribution is -2.49. The van der Waals surface area contributed by atoms with E-state index in [-0.39, 0.29) is 6.04 Å². The van der Waals surface area contributed by atoms with Crippen LogP contribution < -0.4 is 10.9 Å². The highest BCUT2D eigenvalue weighted by Gasteiger charge is 2.20. The van der Waals surface area contributed by atoms with Crippen LogP contribution in [0.1, 0.15) is 50.8 Å². The zero-order valence-corrected chi connectivity index (χ0v) is 15.3. The van der Waals surface area contributed by atoms with E-state index in [1.807, 2.05) is 12.3 Å². The number of thiocarbonyl (C=S) groups is 1. The van der Waals surface area contributed by atoms with Crippen LogP contribution in [-0.4, -0.2) is 28.1 Å². The molecule has 1 aromatic heterocycles. The average Bonchev–Trinajstić information content (AvgIpc) is 2.65. The summed E-state index contributed by atoms with van der Waals surface area (Å²) >= 11 is 5.53. The van der Waals surface area contributed by atoms with Crippen molar-refractivity contribution < 1.29 is 0 Å². The summed E-state index contributed by atoms with van der Waals surface area (Å²) in [6.07, 6.45) is 8.37. The van der Waals surface area contributed by atoms with Gasteiger partial charge in [0, 0.05) is 24.7 Å². The Bertz CT molecular complexity index is 697. The van der Waals surface area contributed by atoms with Crippen molar-refractivity contribution in [3.8, 4) is 0 Å². The molecule has 1 heterocycles. The highest BCUT2D eigenvalue weighted by molar-refractivity contribution is 7.80. The molecular formula is C19H26N4S. The maximum absolute atomic E-state index is 5.53. The lowest BCUT2D eigenvalue weighted by atomic mass is 9.95. The molecule has 0 radical (unpaired) electrons. The van der Waals surface area contributed by atoms with Gasteiger partial charge in [0.1, 0.15) is 0 Å². The van der Waals surface area contributed by atoms with E-state index in [4.69, 9.17) is 12.2 Å². The highest BCUT2D eigenvalue weighted by atomic mass is 32.1. The normalized spacial score (nSPS) is 16.8. The average molecular weight is 343 g/mol. The monoisotopic (exact) mass is 342 g/mol. The number of aromatic nitrogens is 1. The standard InChI is InChI=1S/C19H26N4S/c1-14(18-12-15-8-6-7-9-16(15)13-20-18)21-22-19(24)23(2)17-10-4-3-5-11-17/h6-9,12-14,17,21H,3-5,10-11H2,1-2H3,(H,22,24). The van der Waals surface area contributed by atoms with E-state index in [1.54, 1.807) is 0 Å². The molecule has 1 aromatic carbocycles. The maximum atomic E-state index is 5.53. The zero-order chi connectivity index (χ0) is 16.9. The fraction of sp³-hybridized carbons (Fsp3) is 0.474. The van der Waals surface area contributed by atoms with Crippen LogP contribution in [0.2, 0.25) is 0 Å².